The van der Waals surface area contributed by atoms with Crippen molar-refractivity contribution in [2.45, 2.75) is 12.8 Å². The molecular weight excluding hydrogens is 483 g/mol. The van der Waals surface area contributed by atoms with Gasteiger partial charge in [-0.05, 0) is 54.1 Å². The third-order valence-electron chi connectivity index (χ3n) is 6.05. The number of amides is 2. The third-order valence-corrected chi connectivity index (χ3v) is 6.05. The number of rotatable bonds is 6. The first-order chi connectivity index (χ1) is 17.7. The first-order valence-corrected chi connectivity index (χ1v) is 11.5. The van der Waals surface area contributed by atoms with Gasteiger partial charge in [-0.15, -0.1) is 0 Å². The summed E-state index contributed by atoms with van der Waals surface area (Å²) in [6, 6.07) is 15.8. The fourth-order valence-electron chi connectivity index (χ4n) is 4.33. The van der Waals surface area contributed by atoms with Crippen LogP contribution in [0.4, 0.5) is 13.2 Å². The number of halogens is 3. The molecule has 5 rings (SSSR count). The predicted molar refractivity (Wildman–Crippen MR) is 135 cm³/mol. The van der Waals surface area contributed by atoms with E-state index in [9.17, 15) is 22.8 Å². The van der Waals surface area contributed by atoms with E-state index in [1.54, 1.807) is 30.5 Å². The van der Waals surface area contributed by atoms with E-state index in [1.165, 1.54) is 37.4 Å². The molecule has 0 aliphatic carbocycles. The Kier molecular flexibility index (Phi) is 5.99. The van der Waals surface area contributed by atoms with Gasteiger partial charge in [-0.25, -0.2) is 13.2 Å². The summed E-state index contributed by atoms with van der Waals surface area (Å²) < 4.78 is 46.2. The monoisotopic (exact) mass is 505 g/mol. The molecule has 2 heterocycles. The van der Waals surface area contributed by atoms with Crippen LogP contribution in [-0.4, -0.2) is 36.3 Å². The summed E-state index contributed by atoms with van der Waals surface area (Å²) in [6.07, 6.45) is 1.73. The Morgan fingerprint density at radius 3 is 2.43 bits per heavy atom. The molecule has 0 saturated carbocycles. The molecule has 0 saturated heterocycles. The van der Waals surface area contributed by atoms with E-state index >= 15 is 0 Å². The normalized spacial score (nSPS) is 11.7. The van der Waals surface area contributed by atoms with Crippen LogP contribution in [0.3, 0.4) is 0 Å². The maximum atomic E-state index is 13.6. The van der Waals surface area contributed by atoms with Crippen LogP contribution in [-0.2, 0) is 0 Å². The number of carbonyl (C=O) groups is 2. The van der Waals surface area contributed by atoms with Crippen molar-refractivity contribution < 1.29 is 27.2 Å². The van der Waals surface area contributed by atoms with E-state index in [1.807, 2.05) is 6.07 Å². The Balaban J connectivity index is 1.69. The van der Waals surface area contributed by atoms with Crippen molar-refractivity contribution >= 4 is 33.7 Å². The number of hydrogen-bond donors (Lipinski definition) is 3. The maximum Gasteiger partial charge on any atom is 0.262 e. The Hall–Kier alpha value is -4.53. The first-order valence-electron chi connectivity index (χ1n) is 11.5. The number of H-pyrrole nitrogens is 1. The summed E-state index contributed by atoms with van der Waals surface area (Å²) >= 11 is 0. The van der Waals surface area contributed by atoms with Crippen molar-refractivity contribution in [3.05, 3.63) is 83.8 Å². The first kappa shape index (κ1) is 24.2. The molecule has 2 amide bonds. The topological polar surface area (TPSA) is 87.1 Å². The molecule has 0 bridgehead atoms. The van der Waals surface area contributed by atoms with Gasteiger partial charge < -0.3 is 20.0 Å². The van der Waals surface area contributed by atoms with Gasteiger partial charge in [-0.1, -0.05) is 12.1 Å². The lowest BCUT2D eigenvalue weighted by atomic mass is 9.96. The number of aromatic nitrogens is 1. The van der Waals surface area contributed by atoms with E-state index in [0.29, 0.717) is 44.3 Å². The second-order valence-electron chi connectivity index (χ2n) is 8.79. The van der Waals surface area contributed by atoms with Crippen LogP contribution >= 0.6 is 0 Å². The standard InChI is InChI=1S/C28H22F3N3O3/c1-28(30,31)14-34-26(35)17-5-3-4-16(12-17)20-13-21-22(27(36)32-2)24(15-6-8-18(29)9-7-15)37-25(21)19-10-11-33-23(19)20/h3-13,33H,14H2,1-2H3,(H,32,36)(H,34,35). The van der Waals surface area contributed by atoms with Crippen LogP contribution < -0.4 is 10.6 Å². The number of fused-ring (bicyclic) bond motifs is 3. The van der Waals surface area contributed by atoms with E-state index in [-0.39, 0.29) is 17.0 Å². The van der Waals surface area contributed by atoms with Crippen molar-refractivity contribution in [3.8, 4) is 22.5 Å². The van der Waals surface area contributed by atoms with E-state index < -0.39 is 24.2 Å². The highest BCUT2D eigenvalue weighted by atomic mass is 19.3. The van der Waals surface area contributed by atoms with Gasteiger partial charge in [0.2, 0.25) is 0 Å². The van der Waals surface area contributed by atoms with Gasteiger partial charge in [0.25, 0.3) is 17.7 Å². The van der Waals surface area contributed by atoms with Crippen LogP contribution in [0.1, 0.15) is 27.6 Å². The molecule has 2 aromatic heterocycles. The number of aromatic amines is 1. The molecule has 0 atom stereocenters. The zero-order valence-electron chi connectivity index (χ0n) is 19.9. The number of hydrogen-bond acceptors (Lipinski definition) is 3. The lowest BCUT2D eigenvalue weighted by molar-refractivity contribution is 0.0221. The van der Waals surface area contributed by atoms with Crippen LogP contribution in [0.5, 0.6) is 0 Å². The van der Waals surface area contributed by atoms with Gasteiger partial charge in [-0.2, -0.15) is 0 Å². The Bertz CT molecular complexity index is 1650. The molecule has 0 unspecified atom stereocenters. The Morgan fingerprint density at radius 1 is 0.973 bits per heavy atom. The molecule has 3 N–H and O–H groups in total. The zero-order valence-corrected chi connectivity index (χ0v) is 19.9. The highest BCUT2D eigenvalue weighted by Crippen LogP contribution is 2.41. The fraction of sp³-hybridized carbons (Fsp3) is 0.143. The van der Waals surface area contributed by atoms with E-state index in [0.717, 1.165) is 6.92 Å². The van der Waals surface area contributed by atoms with Crippen molar-refractivity contribution in [2.24, 2.45) is 0 Å². The molecule has 6 nitrogen and oxygen atoms in total. The summed E-state index contributed by atoms with van der Waals surface area (Å²) in [7, 11) is 1.51. The van der Waals surface area contributed by atoms with Gasteiger partial charge in [0.15, 0.2) is 0 Å². The quantitative estimate of drug-likeness (QED) is 0.259. The van der Waals surface area contributed by atoms with E-state index in [2.05, 4.69) is 15.6 Å². The van der Waals surface area contributed by atoms with Crippen LogP contribution in [0.25, 0.3) is 44.3 Å². The molecule has 0 fully saturated rings. The van der Waals surface area contributed by atoms with E-state index in [4.69, 9.17) is 4.42 Å². The summed E-state index contributed by atoms with van der Waals surface area (Å²) in [4.78, 5) is 28.7. The number of nitrogens with one attached hydrogen (secondary N) is 3. The van der Waals surface area contributed by atoms with Gasteiger partial charge in [-0.3, -0.25) is 9.59 Å². The average Bonchev–Trinajstić information content (AvgIpc) is 3.51. The lowest BCUT2D eigenvalue weighted by Gasteiger charge is -2.12. The second-order valence-corrected chi connectivity index (χ2v) is 8.79. The van der Waals surface area contributed by atoms with Crippen molar-refractivity contribution in [1.82, 2.24) is 15.6 Å². The highest BCUT2D eigenvalue weighted by molar-refractivity contribution is 6.19. The fourth-order valence-corrected chi connectivity index (χ4v) is 4.33. The molecule has 5 aromatic rings. The number of carbonyl (C=O) groups excluding carboxylic acids is 2. The summed E-state index contributed by atoms with van der Waals surface area (Å²) in [6.45, 7) is -0.0460. The van der Waals surface area contributed by atoms with Crippen molar-refractivity contribution in [1.29, 1.82) is 0 Å². The highest BCUT2D eigenvalue weighted by Gasteiger charge is 2.25. The van der Waals surface area contributed by atoms with Crippen LogP contribution in [0.15, 0.2) is 71.3 Å². The Morgan fingerprint density at radius 2 is 1.73 bits per heavy atom. The molecule has 0 aliphatic rings. The molecule has 37 heavy (non-hydrogen) atoms. The smallest absolute Gasteiger partial charge is 0.262 e. The minimum Gasteiger partial charge on any atom is -0.454 e. The van der Waals surface area contributed by atoms with Crippen LogP contribution in [0, 0.1) is 5.82 Å². The van der Waals surface area contributed by atoms with Crippen LogP contribution in [0.2, 0.25) is 0 Å². The molecular formula is C28H22F3N3O3. The molecule has 0 radical (unpaired) electrons. The number of alkyl halides is 2. The summed E-state index contributed by atoms with van der Waals surface area (Å²) in [5.74, 6) is -4.16. The van der Waals surface area contributed by atoms with Gasteiger partial charge in [0.1, 0.15) is 17.2 Å². The minimum atomic E-state index is -3.03. The molecule has 3 aromatic carbocycles. The SMILES string of the molecule is CNC(=O)c1c(-c2ccc(F)cc2)oc2c1cc(-c1cccc(C(=O)NCC(C)(F)F)c1)c1[nH]ccc12. The number of benzene rings is 3. The van der Waals surface area contributed by atoms with Crippen molar-refractivity contribution in [3.63, 3.8) is 0 Å². The number of furan rings is 1. The predicted octanol–water partition coefficient (Wildman–Crippen LogP) is 6.13. The third kappa shape index (κ3) is 4.55. The molecule has 9 heteroatoms. The summed E-state index contributed by atoms with van der Waals surface area (Å²) in [5, 5.41) is 6.11. The van der Waals surface area contributed by atoms with Gasteiger partial charge in [0, 0.05) is 47.6 Å². The minimum absolute atomic E-state index is 0.215. The average molecular weight is 505 g/mol. The largest absolute Gasteiger partial charge is 0.454 e. The summed E-state index contributed by atoms with van der Waals surface area (Å²) in [5.41, 5.74) is 3.52. The van der Waals surface area contributed by atoms with Gasteiger partial charge >= 0.3 is 0 Å². The molecule has 0 aliphatic heterocycles. The van der Waals surface area contributed by atoms with Gasteiger partial charge in [0.05, 0.1) is 17.6 Å². The second kappa shape index (κ2) is 9.16. The van der Waals surface area contributed by atoms with Crippen molar-refractivity contribution in [2.75, 3.05) is 13.6 Å². The lowest BCUT2D eigenvalue weighted by Crippen LogP contribution is -2.34. The molecule has 0 spiro atoms. The molecule has 188 valence electrons. The maximum absolute atomic E-state index is 13.6. The Labute approximate surface area is 209 Å². The zero-order chi connectivity index (χ0) is 26.3.